The van der Waals surface area contributed by atoms with Gasteiger partial charge in [0.05, 0.1) is 5.66 Å². The molecule has 0 saturated carbocycles. The molecule has 0 aliphatic carbocycles. The maximum absolute atomic E-state index is 8.03. The molecular weight excluding hydrogens is 116 g/mol. The average Bonchev–Trinajstić information content (AvgIpc) is 1.65. The number of nitrogens with two attached hydrogens (primary N) is 1. The summed E-state index contributed by atoms with van der Waals surface area (Å²) < 4.78 is 0. The van der Waals surface area contributed by atoms with Gasteiger partial charge in [-0.2, -0.15) is 0 Å². The molecule has 0 aliphatic rings. The van der Waals surface area contributed by atoms with Crippen LogP contribution < -0.4 is 5.73 Å². The summed E-state index contributed by atoms with van der Waals surface area (Å²) in [5.74, 6) is 0.174. The fourth-order valence-electron chi connectivity index (χ4n) is 0.212. The first kappa shape index (κ1) is 8.27. The number of azide groups is 1. The minimum absolute atomic E-state index is 0.174. The van der Waals surface area contributed by atoms with Gasteiger partial charge in [-0.25, -0.2) is 0 Å². The zero-order valence-corrected chi connectivity index (χ0v) is 6.00. The van der Waals surface area contributed by atoms with Gasteiger partial charge in [-0.1, -0.05) is 19.0 Å². The Hall–Kier alpha value is -0.730. The summed E-state index contributed by atoms with van der Waals surface area (Å²) in [6, 6.07) is 0. The molecule has 1 unspecified atom stereocenters. The van der Waals surface area contributed by atoms with E-state index < -0.39 is 5.66 Å². The van der Waals surface area contributed by atoms with E-state index in [2.05, 4.69) is 10.0 Å². The van der Waals surface area contributed by atoms with Crippen molar-refractivity contribution in [1.29, 1.82) is 0 Å². The van der Waals surface area contributed by atoms with E-state index in [9.17, 15) is 0 Å². The predicted molar refractivity (Wildman–Crippen MR) is 36.6 cm³/mol. The Balaban J connectivity index is 4.18. The van der Waals surface area contributed by atoms with Gasteiger partial charge in [0.25, 0.3) is 0 Å². The van der Waals surface area contributed by atoms with Gasteiger partial charge < -0.3 is 5.73 Å². The molecule has 0 aromatic carbocycles. The topological polar surface area (TPSA) is 74.8 Å². The largest absolute Gasteiger partial charge is 0.320 e. The van der Waals surface area contributed by atoms with Crippen LogP contribution in [0.2, 0.25) is 0 Å². The predicted octanol–water partition coefficient (Wildman–Crippen LogP) is 1.63. The second-order valence-electron chi connectivity index (χ2n) is 2.57. The van der Waals surface area contributed by atoms with Crippen LogP contribution in [0.5, 0.6) is 0 Å². The monoisotopic (exact) mass is 128 g/mol. The zero-order chi connectivity index (χ0) is 7.49. The Kier molecular flexibility index (Phi) is 2.49. The van der Waals surface area contributed by atoms with Crippen molar-refractivity contribution in [3.05, 3.63) is 10.4 Å². The average molecular weight is 128 g/mol. The van der Waals surface area contributed by atoms with Gasteiger partial charge in [0.15, 0.2) is 0 Å². The maximum Gasteiger partial charge on any atom is 0.0944 e. The van der Waals surface area contributed by atoms with Crippen LogP contribution in [-0.2, 0) is 0 Å². The summed E-state index contributed by atoms with van der Waals surface area (Å²) in [7, 11) is 0. The molecule has 2 N–H and O–H groups in total. The Labute approximate surface area is 54.7 Å². The number of rotatable bonds is 2. The lowest BCUT2D eigenvalue weighted by molar-refractivity contribution is 0.352. The SMILES string of the molecule is CC(C)C(C)(N)N=[N+]=[N-]. The second-order valence-corrected chi connectivity index (χ2v) is 2.57. The fourth-order valence-corrected chi connectivity index (χ4v) is 0.212. The molecular formula is C5H12N4. The molecule has 0 saturated heterocycles. The van der Waals surface area contributed by atoms with Crippen LogP contribution in [0.1, 0.15) is 20.8 Å². The Morgan fingerprint density at radius 2 is 2.11 bits per heavy atom. The summed E-state index contributed by atoms with van der Waals surface area (Å²) in [5.41, 5.74) is 12.8. The molecule has 1 atom stereocenters. The van der Waals surface area contributed by atoms with Gasteiger partial charge in [0, 0.05) is 4.91 Å². The highest BCUT2D eigenvalue weighted by Crippen LogP contribution is 2.13. The van der Waals surface area contributed by atoms with Gasteiger partial charge in [-0.3, -0.25) is 0 Å². The Morgan fingerprint density at radius 1 is 1.67 bits per heavy atom. The molecule has 52 valence electrons. The van der Waals surface area contributed by atoms with Crippen LogP contribution in [0.25, 0.3) is 10.4 Å². The van der Waals surface area contributed by atoms with Gasteiger partial charge >= 0.3 is 0 Å². The number of hydrogen-bond donors (Lipinski definition) is 1. The van der Waals surface area contributed by atoms with Crippen LogP contribution in [0.3, 0.4) is 0 Å². The summed E-state index contributed by atoms with van der Waals surface area (Å²) in [5, 5.41) is 3.41. The van der Waals surface area contributed by atoms with Crippen molar-refractivity contribution in [2.45, 2.75) is 26.4 Å². The highest BCUT2D eigenvalue weighted by atomic mass is 15.2. The van der Waals surface area contributed by atoms with E-state index in [0.717, 1.165) is 0 Å². The molecule has 4 heteroatoms. The zero-order valence-electron chi connectivity index (χ0n) is 6.00. The molecule has 0 rings (SSSR count). The van der Waals surface area contributed by atoms with Crippen LogP contribution in [-0.4, -0.2) is 5.66 Å². The van der Waals surface area contributed by atoms with Crippen LogP contribution in [0.4, 0.5) is 0 Å². The van der Waals surface area contributed by atoms with Gasteiger partial charge in [-0.05, 0) is 18.4 Å². The molecule has 4 nitrogen and oxygen atoms in total. The molecule has 0 spiro atoms. The Bertz CT molecular complexity index is 132. The molecule has 9 heavy (non-hydrogen) atoms. The van der Waals surface area contributed by atoms with Crippen LogP contribution >= 0.6 is 0 Å². The summed E-state index contributed by atoms with van der Waals surface area (Å²) in [6.07, 6.45) is 0. The van der Waals surface area contributed by atoms with E-state index in [1.54, 1.807) is 6.92 Å². The maximum atomic E-state index is 8.03. The van der Waals surface area contributed by atoms with Crippen molar-refractivity contribution in [2.75, 3.05) is 0 Å². The first-order valence-corrected chi connectivity index (χ1v) is 2.86. The van der Waals surface area contributed by atoms with E-state index in [-0.39, 0.29) is 5.92 Å². The van der Waals surface area contributed by atoms with E-state index in [1.807, 2.05) is 13.8 Å². The molecule has 0 aromatic heterocycles. The molecule has 0 heterocycles. The molecule has 0 bridgehead atoms. The lowest BCUT2D eigenvalue weighted by atomic mass is 10.0. The fraction of sp³-hybridized carbons (Fsp3) is 1.00. The quantitative estimate of drug-likeness (QED) is 0.342. The first-order valence-electron chi connectivity index (χ1n) is 2.86. The standard InChI is InChI=1S/C5H12N4/c1-4(2)5(3,6)8-9-7/h4H,6H2,1-3H3. The molecule has 0 aliphatic heterocycles. The van der Waals surface area contributed by atoms with Crippen molar-refractivity contribution in [3.8, 4) is 0 Å². The van der Waals surface area contributed by atoms with Crippen molar-refractivity contribution < 1.29 is 0 Å². The second kappa shape index (κ2) is 2.71. The highest BCUT2D eigenvalue weighted by molar-refractivity contribution is 4.78. The first-order chi connectivity index (χ1) is 4.00. The van der Waals surface area contributed by atoms with Crippen molar-refractivity contribution in [1.82, 2.24) is 0 Å². The summed E-state index contributed by atoms with van der Waals surface area (Å²) >= 11 is 0. The molecule has 0 fully saturated rings. The third kappa shape index (κ3) is 2.35. The van der Waals surface area contributed by atoms with Crippen LogP contribution in [0, 0.1) is 5.92 Å². The Morgan fingerprint density at radius 3 is 2.22 bits per heavy atom. The van der Waals surface area contributed by atoms with Gasteiger partial charge in [-0.15, -0.1) is 0 Å². The minimum atomic E-state index is -0.741. The lowest BCUT2D eigenvalue weighted by Crippen LogP contribution is -2.38. The van der Waals surface area contributed by atoms with Crippen molar-refractivity contribution in [3.63, 3.8) is 0 Å². The smallest absolute Gasteiger partial charge is 0.0944 e. The minimum Gasteiger partial charge on any atom is -0.320 e. The van der Waals surface area contributed by atoms with Gasteiger partial charge in [0.2, 0.25) is 0 Å². The summed E-state index contributed by atoms with van der Waals surface area (Å²) in [6.45, 7) is 5.53. The van der Waals surface area contributed by atoms with Crippen LogP contribution in [0.15, 0.2) is 5.11 Å². The van der Waals surface area contributed by atoms with Crippen molar-refractivity contribution in [2.24, 2.45) is 16.8 Å². The van der Waals surface area contributed by atoms with E-state index in [4.69, 9.17) is 11.3 Å². The van der Waals surface area contributed by atoms with E-state index >= 15 is 0 Å². The third-order valence-electron chi connectivity index (χ3n) is 1.43. The van der Waals surface area contributed by atoms with Crippen molar-refractivity contribution >= 4 is 0 Å². The number of nitrogens with zero attached hydrogens (tertiary/aromatic N) is 3. The van der Waals surface area contributed by atoms with E-state index in [1.165, 1.54) is 0 Å². The lowest BCUT2D eigenvalue weighted by Gasteiger charge is -2.21. The normalized spacial score (nSPS) is 16.6. The highest BCUT2D eigenvalue weighted by Gasteiger charge is 2.19. The molecule has 0 aromatic rings. The number of hydrogen-bond acceptors (Lipinski definition) is 2. The molecule has 0 amide bonds. The molecule has 0 radical (unpaired) electrons. The van der Waals surface area contributed by atoms with Gasteiger partial charge in [0.1, 0.15) is 0 Å². The third-order valence-corrected chi connectivity index (χ3v) is 1.43. The van der Waals surface area contributed by atoms with E-state index in [0.29, 0.717) is 0 Å². The summed E-state index contributed by atoms with van der Waals surface area (Å²) in [4.78, 5) is 2.63.